The van der Waals surface area contributed by atoms with Crippen molar-refractivity contribution >= 4 is 0 Å². The summed E-state index contributed by atoms with van der Waals surface area (Å²) in [5.74, 6) is 0. The molecule has 0 saturated heterocycles. The second-order valence-corrected chi connectivity index (χ2v) is 1.08. The molecule has 2 nitrogen and oxygen atoms in total. The van der Waals surface area contributed by atoms with E-state index in [9.17, 15) is 0 Å². The van der Waals surface area contributed by atoms with Gasteiger partial charge in [0.25, 0.3) is 0 Å². The van der Waals surface area contributed by atoms with Crippen molar-refractivity contribution in [2.75, 3.05) is 0 Å². The molecule has 0 aliphatic rings. The fraction of sp³-hybridized carbons (Fsp3) is 0. The van der Waals surface area contributed by atoms with Gasteiger partial charge in [0.05, 0.1) is 0 Å². The topological polar surface area (TPSA) is 38.0 Å². The summed E-state index contributed by atoms with van der Waals surface area (Å²) in [7, 11) is 0. The number of H-pyrrole nitrogens is 1. The molecule has 1 aromatic rings. The van der Waals surface area contributed by atoms with Crippen LogP contribution >= 0.6 is 0 Å². The second-order valence-electron chi connectivity index (χ2n) is 1.08. The minimum Gasteiger partial charge on any atom is -0.218 e. The Morgan fingerprint density at radius 3 is 1.62 bits per heavy atom. The first-order valence-electron chi connectivity index (χ1n) is 2.09. The van der Waals surface area contributed by atoms with Crippen LogP contribution in [0.25, 0.3) is 0 Å². The van der Waals surface area contributed by atoms with Crippen LogP contribution in [0.4, 0.5) is 0 Å². The number of pyridine rings is 1. The number of rotatable bonds is 0. The van der Waals surface area contributed by atoms with E-state index in [-0.39, 0.29) is 0 Å². The average Bonchev–Trinajstić information content (AvgIpc) is 1.96. The molecular weight excluding hydrogens is 144 g/mol. The Morgan fingerprint density at radius 1 is 1.00 bits per heavy atom. The molecular formula is C5H7FeN2+. The summed E-state index contributed by atoms with van der Waals surface area (Å²) in [4.78, 5) is 2.89. The molecule has 44 valence electrons. The van der Waals surface area contributed by atoms with Crippen LogP contribution in [-0.2, 0) is 15.8 Å². The van der Waals surface area contributed by atoms with Gasteiger partial charge in [0.1, 0.15) is 0 Å². The van der Waals surface area contributed by atoms with Gasteiger partial charge in [-0.3, -0.25) is 0 Å². The predicted molar refractivity (Wildman–Crippen MR) is 25.7 cm³/mol. The molecule has 2 N–H and O–H groups in total. The van der Waals surface area contributed by atoms with Crippen molar-refractivity contribution in [3.05, 3.63) is 30.6 Å². The molecule has 0 atom stereocenters. The van der Waals surface area contributed by atoms with Gasteiger partial charge in [0.15, 0.2) is 12.4 Å². The number of hydrogen-bond acceptors (Lipinski definition) is 1. The summed E-state index contributed by atoms with van der Waals surface area (Å²) < 4.78 is 5.50. The molecule has 3 heteroatoms. The maximum absolute atomic E-state index is 5.50. The van der Waals surface area contributed by atoms with Crippen molar-refractivity contribution in [1.82, 2.24) is 0 Å². The minimum atomic E-state index is 1.88. The number of hydrogen-bond donors (Lipinski definition) is 1. The van der Waals surface area contributed by atoms with E-state index in [0.717, 1.165) is 0 Å². The van der Waals surface area contributed by atoms with Crippen molar-refractivity contribution in [1.29, 1.82) is 4.38 Å². The van der Waals surface area contributed by atoms with Crippen molar-refractivity contribution in [3.8, 4) is 0 Å². The van der Waals surface area contributed by atoms with Crippen molar-refractivity contribution < 1.29 is 20.8 Å². The molecule has 1 aromatic heterocycles. The van der Waals surface area contributed by atoms with Crippen molar-refractivity contribution in [2.45, 2.75) is 0 Å². The van der Waals surface area contributed by atoms with E-state index in [0.29, 0.717) is 0 Å². The van der Waals surface area contributed by atoms with E-state index in [2.05, 4.69) is 20.8 Å². The van der Waals surface area contributed by atoms with Gasteiger partial charge in [-0.05, 0) is 0 Å². The van der Waals surface area contributed by atoms with Gasteiger partial charge in [-0.25, -0.2) is 4.98 Å². The Hall–Kier alpha value is -0.531. The van der Waals surface area contributed by atoms with Crippen LogP contribution < -0.4 is 4.98 Å². The fourth-order valence-electron chi connectivity index (χ4n) is 0.342. The van der Waals surface area contributed by atoms with Gasteiger partial charge >= 0.3 is 20.2 Å². The third-order valence-electron chi connectivity index (χ3n) is 0.607. The standard InChI is InChI=1S/C5H5N.Fe.HN/c1-2-4-6-5-3-1;;/h1-5H;;1H/p+1. The van der Waals surface area contributed by atoms with E-state index >= 15 is 0 Å². The number of aromatic nitrogens is 1. The third kappa shape index (κ3) is 3.65. The van der Waals surface area contributed by atoms with Crippen molar-refractivity contribution in [3.63, 3.8) is 0 Å². The molecule has 0 spiro atoms. The summed E-state index contributed by atoms with van der Waals surface area (Å²) >= 11 is 2.50. The van der Waals surface area contributed by atoms with E-state index in [1.165, 1.54) is 0 Å². The molecule has 0 aliphatic heterocycles. The van der Waals surface area contributed by atoms with Gasteiger partial charge in [-0.15, -0.1) is 0 Å². The third-order valence-corrected chi connectivity index (χ3v) is 0.607. The van der Waals surface area contributed by atoms with E-state index in [1.807, 2.05) is 30.6 Å². The van der Waals surface area contributed by atoms with Gasteiger partial charge in [-0.1, -0.05) is 6.07 Å². The molecule has 0 radical (unpaired) electrons. The summed E-state index contributed by atoms with van der Waals surface area (Å²) in [6.45, 7) is 0. The molecule has 0 bridgehead atoms. The summed E-state index contributed by atoms with van der Waals surface area (Å²) in [6.07, 6.45) is 3.75. The molecule has 1 heterocycles. The predicted octanol–water partition coefficient (Wildman–Crippen LogP) is 0.796. The van der Waals surface area contributed by atoms with Gasteiger partial charge in [0.2, 0.25) is 0 Å². The Bertz CT molecular complexity index is 93.3. The second kappa shape index (κ2) is 6.47. The molecule has 8 heavy (non-hydrogen) atoms. The first-order valence-corrected chi connectivity index (χ1v) is 2.64. The maximum atomic E-state index is 5.50. The zero-order valence-electron chi connectivity index (χ0n) is 4.24. The zero-order chi connectivity index (χ0) is 6.24. The van der Waals surface area contributed by atoms with E-state index in [1.54, 1.807) is 0 Å². The van der Waals surface area contributed by atoms with Crippen molar-refractivity contribution in [2.24, 2.45) is 0 Å². The van der Waals surface area contributed by atoms with Crippen LogP contribution in [0.1, 0.15) is 0 Å². The van der Waals surface area contributed by atoms with Crippen LogP contribution in [0.5, 0.6) is 0 Å². The Balaban J connectivity index is 0.000000222. The Morgan fingerprint density at radius 2 is 1.50 bits per heavy atom. The molecule has 0 fully saturated rings. The van der Waals surface area contributed by atoms with Gasteiger partial charge < -0.3 is 0 Å². The largest absolute Gasteiger partial charge is 0.218 e. The molecule has 0 saturated carbocycles. The van der Waals surface area contributed by atoms with Gasteiger partial charge in [-0.2, -0.15) is 0 Å². The Kier molecular flexibility index (Phi) is 6.04. The number of nitrogens with one attached hydrogen (secondary N) is 2. The molecule has 1 rings (SSSR count). The quantitative estimate of drug-likeness (QED) is 0.532. The van der Waals surface area contributed by atoms with Gasteiger partial charge in [0, 0.05) is 12.1 Å². The van der Waals surface area contributed by atoms with Crippen LogP contribution in [0.15, 0.2) is 30.6 Å². The Labute approximate surface area is 56.4 Å². The molecule has 0 aromatic carbocycles. The maximum Gasteiger partial charge on any atom is 0.166 e. The molecule has 0 unspecified atom stereocenters. The SMILES string of the molecule is [NH]=[Fe].c1cc[nH+]cc1. The van der Waals surface area contributed by atoms with Crippen LogP contribution in [-0.4, -0.2) is 0 Å². The normalized spacial score (nSPS) is 6.62. The monoisotopic (exact) mass is 151 g/mol. The smallest absolute Gasteiger partial charge is 0.166 e. The van der Waals surface area contributed by atoms with Crippen LogP contribution in [0.2, 0.25) is 0 Å². The average molecular weight is 151 g/mol. The van der Waals surface area contributed by atoms with E-state index in [4.69, 9.17) is 4.38 Å². The summed E-state index contributed by atoms with van der Waals surface area (Å²) in [5, 5.41) is 0. The van der Waals surface area contributed by atoms with E-state index < -0.39 is 0 Å². The molecule has 0 aliphatic carbocycles. The van der Waals surface area contributed by atoms with Crippen LogP contribution in [0.3, 0.4) is 0 Å². The van der Waals surface area contributed by atoms with Crippen LogP contribution in [0, 0.1) is 4.38 Å². The first-order chi connectivity index (χ1) is 4.00. The minimum absolute atomic E-state index is 1.88. The first kappa shape index (κ1) is 7.47. The summed E-state index contributed by atoms with van der Waals surface area (Å²) in [6, 6.07) is 5.86. The number of aromatic amines is 1. The molecule has 0 amide bonds. The summed E-state index contributed by atoms with van der Waals surface area (Å²) in [5.41, 5.74) is 0. The zero-order valence-corrected chi connectivity index (χ0v) is 5.34. The fourth-order valence-corrected chi connectivity index (χ4v) is 0.342.